The number of benzene rings is 4. The summed E-state index contributed by atoms with van der Waals surface area (Å²) in [5.41, 5.74) is 2.96. The SMILES string of the molecule is COC(=O)CCC(NC(=O)NC(CCC(=O)NCCNC(=O)Cc1ccc(CN2C(=O)c3ccccc3S(=O)(=O)c3ccc(C(=O)N(C)CCCN4CCC(Cc5ccccc5)CC4)cc32)cc1)C(=O)OC)C(=O)OC. The fourth-order valence-corrected chi connectivity index (χ4v) is 10.8. The van der Waals surface area contributed by atoms with Crippen LogP contribution in [0.1, 0.15) is 82.4 Å². The van der Waals surface area contributed by atoms with E-state index in [0.717, 1.165) is 59.5 Å². The number of hydrogen-bond donors (Lipinski definition) is 4. The number of esters is 3. The number of ether oxygens (including phenoxy) is 3. The van der Waals surface area contributed by atoms with Gasteiger partial charge in [-0.15, -0.1) is 0 Å². The van der Waals surface area contributed by atoms with Crippen LogP contribution in [0.2, 0.25) is 0 Å². The largest absolute Gasteiger partial charge is 0.469 e. The fourth-order valence-electron chi connectivity index (χ4n) is 9.18. The van der Waals surface area contributed by atoms with E-state index in [0.29, 0.717) is 23.6 Å². The Morgan fingerprint density at radius 3 is 1.95 bits per heavy atom. The van der Waals surface area contributed by atoms with Crippen LogP contribution in [0.3, 0.4) is 0 Å². The molecule has 2 heterocycles. The van der Waals surface area contributed by atoms with E-state index in [1.54, 1.807) is 48.3 Å². The summed E-state index contributed by atoms with van der Waals surface area (Å²) >= 11 is 0. The smallest absolute Gasteiger partial charge is 0.328 e. The number of carbonyl (C=O) groups is 8. The zero-order valence-electron chi connectivity index (χ0n) is 43.3. The van der Waals surface area contributed by atoms with Crippen molar-refractivity contribution in [2.24, 2.45) is 5.92 Å². The second-order valence-electron chi connectivity index (χ2n) is 18.7. The number of methoxy groups -OCH3 is 3. The summed E-state index contributed by atoms with van der Waals surface area (Å²) in [6.45, 7) is 3.43. The average molecular weight is 1070 g/mol. The topological polar surface area (TPSA) is 256 Å². The van der Waals surface area contributed by atoms with Gasteiger partial charge in [-0.1, -0.05) is 66.7 Å². The summed E-state index contributed by atoms with van der Waals surface area (Å²) in [5.74, 6) is -3.32. The molecule has 0 aromatic heterocycles. The van der Waals surface area contributed by atoms with Crippen LogP contribution in [-0.2, 0) is 67.4 Å². The van der Waals surface area contributed by atoms with Crippen molar-refractivity contribution in [3.05, 3.63) is 125 Å². The van der Waals surface area contributed by atoms with E-state index in [2.05, 4.69) is 59.9 Å². The summed E-state index contributed by atoms with van der Waals surface area (Å²) < 4.78 is 42.3. The van der Waals surface area contributed by atoms with Crippen molar-refractivity contribution in [1.82, 2.24) is 31.1 Å². The van der Waals surface area contributed by atoms with Crippen LogP contribution < -0.4 is 26.2 Å². The first kappa shape index (κ1) is 57.6. The number of fused-ring (bicyclic) bond motifs is 2. The van der Waals surface area contributed by atoms with Gasteiger partial charge in [-0.05, 0) is 111 Å². The van der Waals surface area contributed by atoms with Crippen molar-refractivity contribution in [1.29, 1.82) is 0 Å². The first-order chi connectivity index (χ1) is 36.5. The Morgan fingerprint density at radius 2 is 1.30 bits per heavy atom. The van der Waals surface area contributed by atoms with Gasteiger partial charge in [0.2, 0.25) is 21.7 Å². The van der Waals surface area contributed by atoms with Crippen molar-refractivity contribution in [3.63, 3.8) is 0 Å². The molecular weight excluding hydrogens is 999 g/mol. The van der Waals surface area contributed by atoms with Crippen LogP contribution in [0.25, 0.3) is 0 Å². The molecule has 4 aromatic carbocycles. The maximum Gasteiger partial charge on any atom is 0.328 e. The number of carbonyl (C=O) groups excluding carboxylic acids is 8. The van der Waals surface area contributed by atoms with Gasteiger partial charge in [0.05, 0.1) is 55.3 Å². The third-order valence-electron chi connectivity index (χ3n) is 13.4. The van der Waals surface area contributed by atoms with Crippen molar-refractivity contribution in [3.8, 4) is 0 Å². The molecule has 0 bridgehead atoms. The molecule has 20 nitrogen and oxygen atoms in total. The van der Waals surface area contributed by atoms with Gasteiger partial charge < -0.3 is 50.2 Å². The van der Waals surface area contributed by atoms with Crippen LogP contribution in [0.5, 0.6) is 0 Å². The molecule has 4 aromatic rings. The number of anilines is 1. The summed E-state index contributed by atoms with van der Waals surface area (Å²) in [7, 11) is 0.924. The number of nitrogens with zero attached hydrogens (tertiary/aromatic N) is 3. The monoisotopic (exact) mass is 1070 g/mol. The minimum absolute atomic E-state index is 0.00173. The number of likely N-dealkylation sites (tertiary alicyclic amines) is 1. The Labute approximate surface area is 443 Å². The van der Waals surface area contributed by atoms with Gasteiger partial charge in [0.1, 0.15) is 12.1 Å². The minimum atomic E-state index is -4.18. The van der Waals surface area contributed by atoms with Gasteiger partial charge in [-0.2, -0.15) is 0 Å². The molecule has 0 spiro atoms. The quantitative estimate of drug-likeness (QED) is 0.0440. The third-order valence-corrected chi connectivity index (χ3v) is 15.3. The highest BCUT2D eigenvalue weighted by Crippen LogP contribution is 2.38. The highest BCUT2D eigenvalue weighted by Gasteiger charge is 2.36. The molecule has 2 atom stereocenters. The number of amides is 6. The molecule has 406 valence electrons. The van der Waals surface area contributed by atoms with E-state index in [1.165, 1.54) is 47.9 Å². The Hall–Kier alpha value is -7.65. The van der Waals surface area contributed by atoms with E-state index in [4.69, 9.17) is 4.74 Å². The van der Waals surface area contributed by atoms with Crippen LogP contribution in [-0.4, -0.2) is 146 Å². The van der Waals surface area contributed by atoms with E-state index in [1.807, 2.05) is 6.07 Å². The zero-order chi connectivity index (χ0) is 54.8. The summed E-state index contributed by atoms with van der Waals surface area (Å²) in [4.78, 5) is 108. The molecule has 2 unspecified atom stereocenters. The lowest BCUT2D eigenvalue weighted by Crippen LogP contribution is -2.51. The summed E-state index contributed by atoms with van der Waals surface area (Å²) in [6, 6.07) is 24.4. The van der Waals surface area contributed by atoms with Gasteiger partial charge in [-0.25, -0.2) is 22.8 Å². The molecule has 4 N–H and O–H groups in total. The molecule has 1 fully saturated rings. The van der Waals surface area contributed by atoms with Crippen molar-refractivity contribution < 1.29 is 61.0 Å². The minimum Gasteiger partial charge on any atom is -0.469 e. The molecule has 0 saturated carbocycles. The Kier molecular flexibility index (Phi) is 21.0. The molecule has 21 heteroatoms. The molecule has 0 aliphatic carbocycles. The highest BCUT2D eigenvalue weighted by atomic mass is 32.2. The number of sulfone groups is 1. The molecular formula is C55H67N7O13S. The van der Waals surface area contributed by atoms with E-state index in [-0.39, 0.29) is 90.2 Å². The van der Waals surface area contributed by atoms with Gasteiger partial charge in [-0.3, -0.25) is 24.0 Å². The predicted molar refractivity (Wildman–Crippen MR) is 280 cm³/mol. The van der Waals surface area contributed by atoms with Gasteiger partial charge in [0, 0.05) is 45.1 Å². The first-order valence-electron chi connectivity index (χ1n) is 25.2. The molecule has 76 heavy (non-hydrogen) atoms. The predicted octanol–water partition coefficient (Wildman–Crippen LogP) is 3.99. The Bertz CT molecular complexity index is 2820. The highest BCUT2D eigenvalue weighted by molar-refractivity contribution is 7.91. The second-order valence-corrected chi connectivity index (χ2v) is 20.6. The first-order valence-corrected chi connectivity index (χ1v) is 26.7. The number of rotatable bonds is 24. The van der Waals surface area contributed by atoms with E-state index in [9.17, 15) is 46.8 Å². The van der Waals surface area contributed by atoms with Crippen LogP contribution in [0, 0.1) is 5.92 Å². The lowest BCUT2D eigenvalue weighted by Gasteiger charge is -2.32. The lowest BCUT2D eigenvalue weighted by atomic mass is 9.90. The number of hydrogen-bond acceptors (Lipinski definition) is 14. The molecule has 1 saturated heterocycles. The Balaban J connectivity index is 0.996. The zero-order valence-corrected chi connectivity index (χ0v) is 44.2. The number of urea groups is 1. The lowest BCUT2D eigenvalue weighted by molar-refractivity contribution is -0.144. The average Bonchev–Trinajstić information content (AvgIpc) is 3.54. The third kappa shape index (κ3) is 15.9. The summed E-state index contributed by atoms with van der Waals surface area (Å²) in [6.07, 6.45) is 3.37. The van der Waals surface area contributed by atoms with Crippen molar-refractivity contribution in [2.45, 2.75) is 86.2 Å². The molecule has 6 rings (SSSR count). The van der Waals surface area contributed by atoms with Gasteiger partial charge >= 0.3 is 23.9 Å². The molecule has 2 aliphatic heterocycles. The van der Waals surface area contributed by atoms with E-state index < -0.39 is 57.7 Å². The van der Waals surface area contributed by atoms with Crippen LogP contribution in [0.15, 0.2) is 107 Å². The Morgan fingerprint density at radius 1 is 0.697 bits per heavy atom. The molecule has 2 aliphatic rings. The maximum atomic E-state index is 14.4. The molecule has 6 amide bonds. The maximum absolute atomic E-state index is 14.4. The van der Waals surface area contributed by atoms with Crippen molar-refractivity contribution >= 4 is 63.1 Å². The molecule has 0 radical (unpaired) electrons. The van der Waals surface area contributed by atoms with Gasteiger partial charge in [0.25, 0.3) is 11.8 Å². The van der Waals surface area contributed by atoms with Crippen LogP contribution in [0.4, 0.5) is 10.5 Å². The van der Waals surface area contributed by atoms with Crippen molar-refractivity contribution in [2.75, 3.05) is 72.5 Å². The second kappa shape index (κ2) is 27.8. The normalized spacial score (nSPS) is 14.8. The summed E-state index contributed by atoms with van der Waals surface area (Å²) in [5, 5.41) is 10.1. The van der Waals surface area contributed by atoms with Gasteiger partial charge in [0.15, 0.2) is 0 Å². The van der Waals surface area contributed by atoms with Crippen LogP contribution >= 0.6 is 0 Å². The standard InChI is InChI=1S/C55H67N7O13S/c1-60(29-10-30-61-31-25-39(26-32-61)33-37-11-6-5-7-12-37)51(66)41-19-22-47-45(35-41)62(52(67)42-13-8-9-14-46(42)76(47,71)72)36-40-17-15-38(16-18-40)34-49(64)57-28-27-56-48(63)23-20-43(53(68)74-3)58-55(70)59-44(54(69)75-4)21-24-50(65)73-2/h5-9,11-19,22,35,39,43-44H,10,20-21,23-34,36H2,1-4H3,(H,56,63)(H,57,64)(H2,58,59,70). The number of nitrogens with one attached hydrogen (secondary N) is 4. The fraction of sp³-hybridized carbons (Fsp3) is 0.418. The van der Waals surface area contributed by atoms with E-state index >= 15 is 0 Å². The number of piperidine rings is 1.